The number of carbonyl (C=O) groups is 1. The van der Waals surface area contributed by atoms with E-state index in [4.69, 9.17) is 16.7 Å². The average molecular weight is 338 g/mol. The second-order valence-electron chi connectivity index (χ2n) is 5.05. The van der Waals surface area contributed by atoms with Crippen molar-refractivity contribution in [2.24, 2.45) is 0 Å². The summed E-state index contributed by atoms with van der Waals surface area (Å²) in [7, 11) is 0. The Bertz CT molecular complexity index is 627. The largest absolute Gasteiger partial charge is 0.395 e. The van der Waals surface area contributed by atoms with Crippen LogP contribution in [0.5, 0.6) is 0 Å². The molecule has 0 bridgehead atoms. The zero-order chi connectivity index (χ0) is 16.7. The highest BCUT2D eigenvalue weighted by molar-refractivity contribution is 6.31. The number of benzene rings is 1. The lowest BCUT2D eigenvalue weighted by atomic mass is 10.2. The number of nitrogens with one attached hydrogen (secondary N) is 1. The Labute approximate surface area is 139 Å². The number of hydrogen-bond donors (Lipinski definition) is 2. The maximum Gasteiger partial charge on any atom is 0.238 e. The number of rotatable bonds is 8. The van der Waals surface area contributed by atoms with Crippen molar-refractivity contribution in [3.05, 3.63) is 35.9 Å². The number of halogens is 1. The third-order valence-corrected chi connectivity index (χ3v) is 3.46. The van der Waals surface area contributed by atoms with Gasteiger partial charge in [-0.2, -0.15) is 5.10 Å². The van der Waals surface area contributed by atoms with E-state index in [1.54, 1.807) is 29.2 Å². The van der Waals surface area contributed by atoms with Crippen molar-refractivity contribution >= 4 is 23.2 Å². The van der Waals surface area contributed by atoms with Gasteiger partial charge in [-0.25, -0.2) is 9.67 Å². The van der Waals surface area contributed by atoms with Crippen LogP contribution in [0, 0.1) is 0 Å². The lowest BCUT2D eigenvalue weighted by Gasteiger charge is -2.20. The van der Waals surface area contributed by atoms with Gasteiger partial charge in [0.2, 0.25) is 5.91 Å². The number of aliphatic hydroxyl groups is 1. The van der Waals surface area contributed by atoms with Crippen molar-refractivity contribution in [2.75, 3.05) is 31.6 Å². The van der Waals surface area contributed by atoms with Crippen LogP contribution in [0.3, 0.4) is 0 Å². The van der Waals surface area contributed by atoms with Crippen molar-refractivity contribution in [1.82, 2.24) is 19.7 Å². The molecular weight excluding hydrogens is 318 g/mol. The lowest BCUT2D eigenvalue weighted by molar-refractivity contribution is -0.117. The van der Waals surface area contributed by atoms with E-state index >= 15 is 0 Å². The monoisotopic (exact) mass is 337 g/mol. The van der Waals surface area contributed by atoms with Crippen LogP contribution in [0.15, 0.2) is 30.9 Å². The van der Waals surface area contributed by atoms with Crippen molar-refractivity contribution < 1.29 is 9.90 Å². The van der Waals surface area contributed by atoms with E-state index in [9.17, 15) is 4.79 Å². The molecule has 7 nitrogen and oxygen atoms in total. The van der Waals surface area contributed by atoms with E-state index in [0.717, 1.165) is 13.0 Å². The smallest absolute Gasteiger partial charge is 0.238 e. The molecule has 1 heterocycles. The molecule has 23 heavy (non-hydrogen) atoms. The van der Waals surface area contributed by atoms with Gasteiger partial charge in [0.1, 0.15) is 12.7 Å². The number of anilines is 1. The molecule has 0 aliphatic heterocycles. The standard InChI is InChI=1S/C15H20ClN5O2/c1-2-5-20(6-7-22)9-15(23)19-13-8-12(16)3-4-14(13)21-11-17-10-18-21/h3-4,8,10-11,22H,2,5-7,9H2,1H3,(H,19,23). The van der Waals surface area contributed by atoms with E-state index in [0.29, 0.717) is 22.9 Å². The van der Waals surface area contributed by atoms with Crippen molar-refractivity contribution in [3.63, 3.8) is 0 Å². The highest BCUT2D eigenvalue weighted by atomic mass is 35.5. The fourth-order valence-electron chi connectivity index (χ4n) is 2.26. The minimum absolute atomic E-state index is 0.0225. The summed E-state index contributed by atoms with van der Waals surface area (Å²) in [5.74, 6) is -0.171. The van der Waals surface area contributed by atoms with E-state index in [2.05, 4.69) is 15.4 Å². The first-order chi connectivity index (χ1) is 11.1. The van der Waals surface area contributed by atoms with E-state index in [-0.39, 0.29) is 19.1 Å². The summed E-state index contributed by atoms with van der Waals surface area (Å²) < 4.78 is 1.56. The van der Waals surface area contributed by atoms with Gasteiger partial charge in [-0.15, -0.1) is 0 Å². The highest BCUT2D eigenvalue weighted by Crippen LogP contribution is 2.23. The van der Waals surface area contributed by atoms with Crippen molar-refractivity contribution in [1.29, 1.82) is 0 Å². The summed E-state index contributed by atoms with van der Waals surface area (Å²) in [6.45, 7) is 3.47. The number of aromatic nitrogens is 3. The molecule has 0 saturated carbocycles. The third kappa shape index (κ3) is 5.02. The van der Waals surface area contributed by atoms with Gasteiger partial charge in [0.15, 0.2) is 0 Å². The predicted molar refractivity (Wildman–Crippen MR) is 88.8 cm³/mol. The molecule has 0 radical (unpaired) electrons. The molecule has 124 valence electrons. The third-order valence-electron chi connectivity index (χ3n) is 3.22. The first-order valence-electron chi connectivity index (χ1n) is 7.41. The fraction of sp³-hybridized carbons (Fsp3) is 0.400. The van der Waals surface area contributed by atoms with Gasteiger partial charge in [-0.3, -0.25) is 9.69 Å². The summed E-state index contributed by atoms with van der Waals surface area (Å²) in [5, 5.41) is 16.5. The van der Waals surface area contributed by atoms with Crippen LogP contribution in [0.2, 0.25) is 5.02 Å². The molecule has 1 aromatic carbocycles. The average Bonchev–Trinajstić information content (AvgIpc) is 3.02. The van der Waals surface area contributed by atoms with Gasteiger partial charge in [0, 0.05) is 11.6 Å². The molecule has 1 aromatic heterocycles. The van der Waals surface area contributed by atoms with Gasteiger partial charge < -0.3 is 10.4 Å². The summed E-state index contributed by atoms with van der Waals surface area (Å²) in [6, 6.07) is 5.17. The molecule has 2 rings (SSSR count). The Morgan fingerprint density at radius 2 is 2.26 bits per heavy atom. The Balaban J connectivity index is 2.12. The summed E-state index contributed by atoms with van der Waals surface area (Å²) >= 11 is 6.03. The minimum atomic E-state index is -0.171. The molecule has 2 N–H and O–H groups in total. The van der Waals surface area contributed by atoms with E-state index in [1.807, 2.05) is 11.8 Å². The summed E-state index contributed by atoms with van der Waals surface area (Å²) in [4.78, 5) is 18.1. The Morgan fingerprint density at radius 3 is 2.91 bits per heavy atom. The number of aliphatic hydroxyl groups excluding tert-OH is 1. The van der Waals surface area contributed by atoms with Gasteiger partial charge in [0.05, 0.1) is 24.5 Å². The van der Waals surface area contributed by atoms with Crippen LogP contribution in [-0.4, -0.2) is 56.9 Å². The normalized spacial score (nSPS) is 11.0. The topological polar surface area (TPSA) is 83.3 Å². The van der Waals surface area contributed by atoms with Gasteiger partial charge in [-0.05, 0) is 31.2 Å². The summed E-state index contributed by atoms with van der Waals surface area (Å²) in [5.41, 5.74) is 1.25. The van der Waals surface area contributed by atoms with Crippen LogP contribution >= 0.6 is 11.6 Å². The lowest BCUT2D eigenvalue weighted by Crippen LogP contribution is -2.35. The highest BCUT2D eigenvalue weighted by Gasteiger charge is 2.13. The van der Waals surface area contributed by atoms with Crippen LogP contribution in [-0.2, 0) is 4.79 Å². The maximum absolute atomic E-state index is 12.3. The Morgan fingerprint density at radius 1 is 1.43 bits per heavy atom. The molecule has 1 amide bonds. The second-order valence-corrected chi connectivity index (χ2v) is 5.49. The van der Waals surface area contributed by atoms with Crippen molar-refractivity contribution in [3.8, 4) is 5.69 Å². The second kappa shape index (κ2) is 8.61. The number of carbonyl (C=O) groups excluding carboxylic acids is 1. The molecule has 0 atom stereocenters. The van der Waals surface area contributed by atoms with Gasteiger partial charge in [0.25, 0.3) is 0 Å². The quantitative estimate of drug-likeness (QED) is 0.764. The number of amides is 1. The van der Waals surface area contributed by atoms with E-state index in [1.165, 1.54) is 6.33 Å². The summed E-state index contributed by atoms with van der Waals surface area (Å²) in [6.07, 6.45) is 3.88. The molecule has 0 aliphatic carbocycles. The molecule has 0 spiro atoms. The van der Waals surface area contributed by atoms with Crippen molar-refractivity contribution in [2.45, 2.75) is 13.3 Å². The molecule has 2 aromatic rings. The van der Waals surface area contributed by atoms with Crippen LogP contribution in [0.4, 0.5) is 5.69 Å². The Kier molecular flexibility index (Phi) is 6.52. The molecule has 0 fully saturated rings. The molecular formula is C15H20ClN5O2. The first-order valence-corrected chi connectivity index (χ1v) is 7.79. The van der Waals surface area contributed by atoms with Gasteiger partial charge >= 0.3 is 0 Å². The maximum atomic E-state index is 12.3. The molecule has 0 aliphatic rings. The predicted octanol–water partition coefficient (Wildman–Crippen LogP) is 1.56. The first kappa shape index (κ1) is 17.4. The molecule has 0 saturated heterocycles. The SMILES string of the molecule is CCCN(CCO)CC(=O)Nc1cc(Cl)ccc1-n1cncn1. The van der Waals surface area contributed by atoms with Crippen LogP contribution in [0.25, 0.3) is 5.69 Å². The fourth-order valence-corrected chi connectivity index (χ4v) is 2.43. The zero-order valence-corrected chi connectivity index (χ0v) is 13.7. The number of hydrogen-bond acceptors (Lipinski definition) is 5. The minimum Gasteiger partial charge on any atom is -0.395 e. The Hall–Kier alpha value is -1.96. The zero-order valence-electron chi connectivity index (χ0n) is 12.9. The molecule has 8 heteroatoms. The van der Waals surface area contributed by atoms with Gasteiger partial charge in [-0.1, -0.05) is 18.5 Å². The van der Waals surface area contributed by atoms with Crippen LogP contribution in [0.1, 0.15) is 13.3 Å². The number of nitrogens with zero attached hydrogens (tertiary/aromatic N) is 4. The molecule has 0 unspecified atom stereocenters. The van der Waals surface area contributed by atoms with E-state index < -0.39 is 0 Å². The van der Waals surface area contributed by atoms with Crippen LogP contribution < -0.4 is 5.32 Å².